The van der Waals surface area contributed by atoms with Crippen molar-refractivity contribution in [1.82, 2.24) is 16.1 Å². The molecule has 1 aliphatic heterocycles. The van der Waals surface area contributed by atoms with Gasteiger partial charge in [-0.05, 0) is 47.9 Å². The maximum absolute atomic E-state index is 13.5. The third kappa shape index (κ3) is 7.20. The summed E-state index contributed by atoms with van der Waals surface area (Å²) in [6, 6.07) is 4.77. The minimum Gasteiger partial charge on any atom is -0.357 e. The zero-order valence-electron chi connectivity index (χ0n) is 21.6. The van der Waals surface area contributed by atoms with E-state index in [0.29, 0.717) is 19.3 Å². The highest BCUT2D eigenvalue weighted by atomic mass is 32.2. The summed E-state index contributed by atoms with van der Waals surface area (Å²) in [6.45, 7) is 9.46. The molecule has 1 aromatic rings. The standard InChI is InChI=1S/C25H38N4O5S/c1-14(2)12-17(22(31)27-21(24(33)26-6)25(3,4)5)20(23(32)28-34)35-16-9-10-18-15(13-16)8-11-19(30)29(18)7/h9-10,13-14,17,20-21,34H,8,11-12H2,1-7H3,(H,26,33)(H,27,31)(H,28,32)/t17-,20+,21-/m1/s1. The summed E-state index contributed by atoms with van der Waals surface area (Å²) < 4.78 is 0. The van der Waals surface area contributed by atoms with E-state index >= 15 is 0 Å². The summed E-state index contributed by atoms with van der Waals surface area (Å²) in [7, 11) is 3.24. The highest BCUT2D eigenvalue weighted by Crippen LogP contribution is 2.36. The Bertz CT molecular complexity index is 960. The molecule has 4 amide bonds. The van der Waals surface area contributed by atoms with Gasteiger partial charge in [0.25, 0.3) is 5.91 Å². The molecule has 1 aromatic carbocycles. The molecule has 3 atom stereocenters. The van der Waals surface area contributed by atoms with Crippen LogP contribution in [0.1, 0.15) is 53.0 Å². The normalized spacial score (nSPS) is 16.3. The Hall–Kier alpha value is -2.59. The first-order valence-corrected chi connectivity index (χ1v) is 12.7. The van der Waals surface area contributed by atoms with Crippen LogP contribution in [0.15, 0.2) is 23.1 Å². The molecular weight excluding hydrogens is 468 g/mol. The van der Waals surface area contributed by atoms with Gasteiger partial charge in [0.1, 0.15) is 11.3 Å². The lowest BCUT2D eigenvalue weighted by Crippen LogP contribution is -2.56. The first kappa shape index (κ1) is 28.6. The van der Waals surface area contributed by atoms with Crippen molar-refractivity contribution in [2.24, 2.45) is 17.3 Å². The number of rotatable bonds is 9. The zero-order valence-corrected chi connectivity index (χ0v) is 22.4. The number of anilines is 1. The molecule has 0 radical (unpaired) electrons. The second-order valence-corrected chi connectivity index (χ2v) is 11.6. The van der Waals surface area contributed by atoms with E-state index in [2.05, 4.69) is 10.6 Å². The second-order valence-electron chi connectivity index (χ2n) is 10.4. The molecule has 0 saturated carbocycles. The second kappa shape index (κ2) is 11.9. The zero-order chi connectivity index (χ0) is 26.5. The SMILES string of the molecule is CNC(=O)[C@@H](NC(=O)[C@H](CC(C)C)[C@H](Sc1ccc2c(c1)CCC(=O)N2C)C(=O)NO)C(C)(C)C. The summed E-state index contributed by atoms with van der Waals surface area (Å²) in [5.74, 6) is -2.11. The number of nitrogens with one attached hydrogen (secondary N) is 3. The van der Waals surface area contributed by atoms with E-state index in [9.17, 15) is 24.4 Å². The molecular formula is C25H38N4O5S. The largest absolute Gasteiger partial charge is 0.357 e. The molecule has 1 aliphatic rings. The molecule has 4 N–H and O–H groups in total. The topological polar surface area (TPSA) is 128 Å². The smallest absolute Gasteiger partial charge is 0.257 e. The van der Waals surface area contributed by atoms with Crippen molar-refractivity contribution in [1.29, 1.82) is 0 Å². The lowest BCUT2D eigenvalue weighted by atomic mass is 9.85. The molecule has 0 spiro atoms. The molecule has 194 valence electrons. The highest BCUT2D eigenvalue weighted by molar-refractivity contribution is 8.00. The summed E-state index contributed by atoms with van der Waals surface area (Å²) in [5.41, 5.74) is 2.97. The van der Waals surface area contributed by atoms with Crippen molar-refractivity contribution in [3.05, 3.63) is 23.8 Å². The predicted octanol–water partition coefficient (Wildman–Crippen LogP) is 2.50. The fraction of sp³-hybridized carbons (Fsp3) is 0.600. The van der Waals surface area contributed by atoms with E-state index in [1.54, 1.807) is 17.4 Å². The van der Waals surface area contributed by atoms with E-state index in [1.807, 2.05) is 52.8 Å². The van der Waals surface area contributed by atoms with E-state index in [1.165, 1.54) is 18.8 Å². The van der Waals surface area contributed by atoms with E-state index < -0.39 is 34.4 Å². The van der Waals surface area contributed by atoms with E-state index in [0.717, 1.165) is 16.1 Å². The molecule has 10 heteroatoms. The minimum atomic E-state index is -0.936. The Balaban J connectivity index is 2.39. The van der Waals surface area contributed by atoms with Crippen molar-refractivity contribution >= 4 is 41.1 Å². The molecule has 0 aliphatic carbocycles. The number of carbonyl (C=O) groups excluding carboxylic acids is 4. The Labute approximate surface area is 211 Å². The highest BCUT2D eigenvalue weighted by Gasteiger charge is 2.39. The number of hydrogen-bond acceptors (Lipinski definition) is 6. The first-order valence-electron chi connectivity index (χ1n) is 11.8. The molecule has 0 fully saturated rings. The average Bonchev–Trinajstić information content (AvgIpc) is 2.80. The number of amides is 4. The van der Waals surface area contributed by atoms with Gasteiger partial charge in [-0.25, -0.2) is 5.48 Å². The van der Waals surface area contributed by atoms with Crippen molar-refractivity contribution < 1.29 is 24.4 Å². The third-order valence-corrected chi connectivity index (χ3v) is 7.44. The quantitative estimate of drug-likeness (QED) is 0.232. The fourth-order valence-electron chi connectivity index (χ4n) is 4.18. The van der Waals surface area contributed by atoms with Gasteiger partial charge in [-0.1, -0.05) is 34.6 Å². The number of nitrogens with zero attached hydrogens (tertiary/aromatic N) is 1. The first-order chi connectivity index (χ1) is 16.3. The maximum atomic E-state index is 13.5. The van der Waals surface area contributed by atoms with E-state index in [4.69, 9.17) is 0 Å². The van der Waals surface area contributed by atoms with Crippen LogP contribution >= 0.6 is 11.8 Å². The van der Waals surface area contributed by atoms with Crippen LogP contribution < -0.4 is 21.0 Å². The number of fused-ring (bicyclic) bond motifs is 1. The van der Waals surface area contributed by atoms with Crippen LogP contribution in [-0.2, 0) is 25.6 Å². The summed E-state index contributed by atoms with van der Waals surface area (Å²) >= 11 is 1.19. The van der Waals surface area contributed by atoms with Crippen LogP contribution in [0.2, 0.25) is 0 Å². The van der Waals surface area contributed by atoms with Gasteiger partial charge in [0.2, 0.25) is 17.7 Å². The fourth-order valence-corrected chi connectivity index (χ4v) is 5.39. The van der Waals surface area contributed by atoms with Crippen LogP contribution in [0.3, 0.4) is 0 Å². The number of hydrogen-bond donors (Lipinski definition) is 4. The molecule has 0 unspecified atom stereocenters. The number of carbonyl (C=O) groups is 4. The van der Waals surface area contributed by atoms with Crippen LogP contribution in [0, 0.1) is 17.3 Å². The van der Waals surface area contributed by atoms with Gasteiger partial charge in [0, 0.05) is 31.1 Å². The molecule has 0 saturated heterocycles. The lowest BCUT2D eigenvalue weighted by Gasteiger charge is -2.33. The third-order valence-electron chi connectivity index (χ3n) is 6.12. The number of benzene rings is 1. The minimum absolute atomic E-state index is 0.0497. The van der Waals surface area contributed by atoms with Crippen LogP contribution in [-0.4, -0.2) is 54.2 Å². The molecule has 1 heterocycles. The van der Waals surface area contributed by atoms with Crippen molar-refractivity contribution in [3.8, 4) is 0 Å². The van der Waals surface area contributed by atoms with Gasteiger partial charge in [0.05, 0.1) is 5.92 Å². The summed E-state index contributed by atoms with van der Waals surface area (Å²) in [5, 5.41) is 14.0. The van der Waals surface area contributed by atoms with Crippen molar-refractivity contribution in [2.75, 3.05) is 19.0 Å². The Kier molecular flexibility index (Phi) is 9.74. The Morgan fingerprint density at radius 1 is 1.11 bits per heavy atom. The molecule has 0 bridgehead atoms. The average molecular weight is 507 g/mol. The molecule has 9 nitrogen and oxygen atoms in total. The predicted molar refractivity (Wildman–Crippen MR) is 136 cm³/mol. The van der Waals surface area contributed by atoms with Gasteiger partial charge in [-0.3, -0.25) is 24.4 Å². The van der Waals surface area contributed by atoms with Crippen LogP contribution in [0.25, 0.3) is 0 Å². The van der Waals surface area contributed by atoms with Gasteiger partial charge in [0.15, 0.2) is 0 Å². The number of thioether (sulfide) groups is 1. The van der Waals surface area contributed by atoms with Crippen LogP contribution in [0.4, 0.5) is 5.69 Å². The summed E-state index contributed by atoms with van der Waals surface area (Å²) in [6.07, 6.45) is 1.38. The van der Waals surface area contributed by atoms with Crippen molar-refractivity contribution in [3.63, 3.8) is 0 Å². The van der Waals surface area contributed by atoms with Gasteiger partial charge < -0.3 is 15.5 Å². The monoisotopic (exact) mass is 506 g/mol. The van der Waals surface area contributed by atoms with E-state index in [-0.39, 0.29) is 17.7 Å². The molecule has 35 heavy (non-hydrogen) atoms. The van der Waals surface area contributed by atoms with Gasteiger partial charge in [-0.2, -0.15) is 0 Å². The Morgan fingerprint density at radius 3 is 2.31 bits per heavy atom. The summed E-state index contributed by atoms with van der Waals surface area (Å²) in [4.78, 5) is 53.2. The number of likely N-dealkylation sites (N-methyl/N-ethyl adjacent to an activating group) is 1. The van der Waals surface area contributed by atoms with Gasteiger partial charge >= 0.3 is 0 Å². The number of aryl methyl sites for hydroxylation is 1. The Morgan fingerprint density at radius 2 is 1.77 bits per heavy atom. The maximum Gasteiger partial charge on any atom is 0.257 e. The molecule has 2 rings (SSSR count). The van der Waals surface area contributed by atoms with Crippen LogP contribution in [0.5, 0.6) is 0 Å². The number of hydroxylamine groups is 1. The van der Waals surface area contributed by atoms with Crippen molar-refractivity contribution in [2.45, 2.75) is 70.1 Å². The van der Waals surface area contributed by atoms with Gasteiger partial charge in [-0.15, -0.1) is 11.8 Å². The lowest BCUT2D eigenvalue weighted by molar-refractivity contribution is -0.137. The molecule has 0 aromatic heterocycles.